The Morgan fingerprint density at radius 1 is 0.917 bits per heavy atom. The molecule has 0 aliphatic carbocycles. The van der Waals surface area contributed by atoms with E-state index in [0.29, 0.717) is 6.04 Å². The van der Waals surface area contributed by atoms with Crippen LogP contribution in [0.2, 0.25) is 0 Å². The highest BCUT2D eigenvalue weighted by Gasteiger charge is 2.22. The van der Waals surface area contributed by atoms with Crippen molar-refractivity contribution in [3.05, 3.63) is 88.3 Å². The molecular formula is C34H48N2. The van der Waals surface area contributed by atoms with Gasteiger partial charge in [0.05, 0.1) is 0 Å². The number of hydrogen-bond acceptors (Lipinski definition) is 2. The molecule has 0 saturated carbocycles. The lowest BCUT2D eigenvalue weighted by Gasteiger charge is -2.35. The van der Waals surface area contributed by atoms with Crippen molar-refractivity contribution in [3.63, 3.8) is 0 Å². The smallest absolute Gasteiger partial charge is 0.0407 e. The molecule has 0 aromatic heterocycles. The first kappa shape index (κ1) is 27.8. The average molecular weight is 485 g/mol. The molecule has 1 N–H and O–H groups in total. The van der Waals surface area contributed by atoms with Gasteiger partial charge in [-0.05, 0) is 99.3 Å². The van der Waals surface area contributed by atoms with Crippen LogP contribution in [0, 0.1) is 6.92 Å². The van der Waals surface area contributed by atoms with Crippen molar-refractivity contribution in [2.24, 2.45) is 0 Å². The molecule has 0 spiro atoms. The van der Waals surface area contributed by atoms with Gasteiger partial charge in [-0.1, -0.05) is 82.2 Å². The van der Waals surface area contributed by atoms with Crippen molar-refractivity contribution in [3.8, 4) is 11.1 Å². The third-order valence-electron chi connectivity index (χ3n) is 7.83. The van der Waals surface area contributed by atoms with Crippen LogP contribution in [-0.2, 0) is 12.8 Å². The molecule has 0 saturated heterocycles. The minimum absolute atomic E-state index is 0.580. The largest absolute Gasteiger partial charge is 0.369 e. The molecular weight excluding hydrogens is 436 g/mol. The van der Waals surface area contributed by atoms with Gasteiger partial charge in [-0.15, -0.1) is 0 Å². The molecule has 0 unspecified atom stereocenters. The third kappa shape index (κ3) is 6.52. The third-order valence-corrected chi connectivity index (χ3v) is 7.83. The Labute approximate surface area is 221 Å². The summed E-state index contributed by atoms with van der Waals surface area (Å²) in [7, 11) is 0. The second-order valence-corrected chi connectivity index (χ2v) is 10.5. The lowest BCUT2D eigenvalue weighted by molar-refractivity contribution is 0.510. The maximum atomic E-state index is 4.41. The lowest BCUT2D eigenvalue weighted by Crippen LogP contribution is -2.35. The number of anilines is 1. The number of allylic oxidation sites excluding steroid dienone is 4. The van der Waals surface area contributed by atoms with E-state index in [2.05, 4.69) is 108 Å². The van der Waals surface area contributed by atoms with Crippen LogP contribution < -0.4 is 10.2 Å². The molecule has 1 aliphatic rings. The zero-order valence-corrected chi connectivity index (χ0v) is 23.9. The van der Waals surface area contributed by atoms with Crippen LogP contribution in [0.4, 0.5) is 5.69 Å². The Bertz CT molecular complexity index is 1090. The second kappa shape index (κ2) is 13.0. The van der Waals surface area contributed by atoms with Crippen molar-refractivity contribution in [2.45, 2.75) is 99.5 Å². The predicted octanol–water partition coefficient (Wildman–Crippen LogP) is 9.29. The summed E-state index contributed by atoms with van der Waals surface area (Å²) in [5.41, 5.74) is 13.2. The van der Waals surface area contributed by atoms with E-state index in [1.807, 2.05) is 0 Å². The van der Waals surface area contributed by atoms with Crippen molar-refractivity contribution in [1.82, 2.24) is 5.32 Å². The molecule has 3 rings (SSSR count). The van der Waals surface area contributed by atoms with Gasteiger partial charge in [0, 0.05) is 29.7 Å². The first-order chi connectivity index (χ1) is 17.3. The van der Waals surface area contributed by atoms with Crippen LogP contribution in [0.3, 0.4) is 0 Å². The van der Waals surface area contributed by atoms with Gasteiger partial charge in [0.15, 0.2) is 0 Å². The maximum Gasteiger partial charge on any atom is 0.0407 e. The van der Waals surface area contributed by atoms with Crippen LogP contribution in [0.5, 0.6) is 0 Å². The molecule has 194 valence electrons. The summed E-state index contributed by atoms with van der Waals surface area (Å²) < 4.78 is 0. The van der Waals surface area contributed by atoms with E-state index in [4.69, 9.17) is 0 Å². The Kier molecular flexibility index (Phi) is 10.0. The Morgan fingerprint density at radius 3 is 2.17 bits per heavy atom. The van der Waals surface area contributed by atoms with Gasteiger partial charge < -0.3 is 10.2 Å². The highest BCUT2D eigenvalue weighted by Crippen LogP contribution is 2.36. The predicted molar refractivity (Wildman–Crippen MR) is 160 cm³/mol. The molecule has 0 radical (unpaired) electrons. The molecule has 2 heteroatoms. The number of aryl methyl sites for hydroxylation is 1. The zero-order chi connectivity index (χ0) is 26.2. The molecule has 0 amide bonds. The van der Waals surface area contributed by atoms with E-state index in [9.17, 15) is 0 Å². The number of rotatable bonds is 11. The van der Waals surface area contributed by atoms with Crippen LogP contribution in [0.1, 0.15) is 90.3 Å². The second-order valence-electron chi connectivity index (χ2n) is 10.5. The molecule has 0 fully saturated rings. The quantitative estimate of drug-likeness (QED) is 0.342. The van der Waals surface area contributed by atoms with E-state index < -0.39 is 0 Å². The summed E-state index contributed by atoms with van der Waals surface area (Å²) >= 11 is 0. The average Bonchev–Trinajstić information content (AvgIpc) is 2.99. The first-order valence-electron chi connectivity index (χ1n) is 14.1. The molecule has 36 heavy (non-hydrogen) atoms. The Balaban J connectivity index is 2.15. The van der Waals surface area contributed by atoms with Crippen LogP contribution in [0.25, 0.3) is 11.1 Å². The maximum absolute atomic E-state index is 4.41. The van der Waals surface area contributed by atoms with Crippen LogP contribution >= 0.6 is 0 Å². The summed E-state index contributed by atoms with van der Waals surface area (Å²) in [5.74, 6) is 0. The highest BCUT2D eigenvalue weighted by atomic mass is 15.2. The minimum atomic E-state index is 0.580. The van der Waals surface area contributed by atoms with Gasteiger partial charge in [-0.2, -0.15) is 0 Å². The van der Waals surface area contributed by atoms with E-state index in [1.54, 1.807) is 0 Å². The summed E-state index contributed by atoms with van der Waals surface area (Å²) in [6, 6.07) is 14.6. The molecule has 2 aromatic carbocycles. The molecule has 0 atom stereocenters. The van der Waals surface area contributed by atoms with Crippen LogP contribution in [-0.4, -0.2) is 12.6 Å². The van der Waals surface area contributed by atoms with Crippen LogP contribution in [0.15, 0.2) is 71.6 Å². The molecule has 0 bridgehead atoms. The fraction of sp³-hybridized carbons (Fsp3) is 0.471. The Morgan fingerprint density at radius 2 is 1.58 bits per heavy atom. The van der Waals surface area contributed by atoms with Gasteiger partial charge >= 0.3 is 0 Å². The first-order valence-corrected chi connectivity index (χ1v) is 14.1. The lowest BCUT2D eigenvalue weighted by atomic mass is 9.90. The summed E-state index contributed by atoms with van der Waals surface area (Å²) in [6.45, 7) is 21.3. The van der Waals surface area contributed by atoms with Crippen molar-refractivity contribution in [1.29, 1.82) is 0 Å². The van der Waals surface area contributed by atoms with Gasteiger partial charge in [-0.25, -0.2) is 0 Å². The minimum Gasteiger partial charge on any atom is -0.369 e. The highest BCUT2D eigenvalue weighted by molar-refractivity contribution is 5.73. The summed E-state index contributed by atoms with van der Waals surface area (Å²) in [6.07, 6.45) is 10.1. The van der Waals surface area contributed by atoms with E-state index >= 15 is 0 Å². The van der Waals surface area contributed by atoms with Gasteiger partial charge in [0.1, 0.15) is 0 Å². The zero-order valence-electron chi connectivity index (χ0n) is 23.9. The molecule has 2 aromatic rings. The number of nitrogens with zero attached hydrogens (tertiary/aromatic N) is 1. The Hall–Kier alpha value is -2.74. The monoisotopic (exact) mass is 484 g/mol. The standard InChI is InChI=1S/C34H48N2/c1-9-13-32(14-10-2)36(12-4)34-23-31(29-19-17-28(11-3)18-20-29)21-30(26(34)7)22-33-24(5)15-16-25(6)35-27(33)8/h16-21,23,32,35H,8-15,22H2,1-7H3. The van der Waals surface area contributed by atoms with Crippen molar-refractivity contribution < 1.29 is 0 Å². The SMILES string of the molecule is C=C1NC(C)=CCC(C)=C1Cc1cc(-c2ccc(CC)cc2)cc(N(CC)C(CCC)CCC)c1C. The van der Waals surface area contributed by atoms with E-state index in [1.165, 1.54) is 76.0 Å². The molecule has 1 heterocycles. The molecule has 2 nitrogen and oxygen atoms in total. The topological polar surface area (TPSA) is 15.3 Å². The van der Waals surface area contributed by atoms with Gasteiger partial charge in [0.25, 0.3) is 0 Å². The number of hydrogen-bond donors (Lipinski definition) is 1. The normalized spacial score (nSPS) is 14.1. The summed E-state index contributed by atoms with van der Waals surface area (Å²) in [4.78, 5) is 2.68. The van der Waals surface area contributed by atoms with E-state index in [-0.39, 0.29) is 0 Å². The number of benzene rings is 2. The fourth-order valence-corrected chi connectivity index (χ4v) is 5.59. The summed E-state index contributed by atoms with van der Waals surface area (Å²) in [5, 5.41) is 3.52. The fourth-order valence-electron chi connectivity index (χ4n) is 5.59. The van der Waals surface area contributed by atoms with E-state index in [0.717, 1.165) is 31.5 Å². The molecule has 1 aliphatic heterocycles. The van der Waals surface area contributed by atoms with Crippen molar-refractivity contribution in [2.75, 3.05) is 11.4 Å². The van der Waals surface area contributed by atoms with Gasteiger partial charge in [0.2, 0.25) is 0 Å². The van der Waals surface area contributed by atoms with Crippen molar-refractivity contribution >= 4 is 5.69 Å². The number of nitrogens with one attached hydrogen (secondary N) is 1. The van der Waals surface area contributed by atoms with Gasteiger partial charge in [-0.3, -0.25) is 0 Å².